The van der Waals surface area contributed by atoms with Gasteiger partial charge >= 0.3 is 0 Å². The molecular formula is C19H17FN2O2. The molecule has 0 amide bonds. The quantitative estimate of drug-likeness (QED) is 0.843. The van der Waals surface area contributed by atoms with Crippen molar-refractivity contribution in [1.29, 1.82) is 5.26 Å². The Bertz CT molecular complexity index is 815. The molecule has 4 nitrogen and oxygen atoms in total. The summed E-state index contributed by atoms with van der Waals surface area (Å²) >= 11 is 0. The van der Waals surface area contributed by atoms with Crippen molar-refractivity contribution in [3.63, 3.8) is 0 Å². The number of hydrogen-bond acceptors (Lipinski definition) is 4. The van der Waals surface area contributed by atoms with Crippen LogP contribution in [0.2, 0.25) is 0 Å². The van der Waals surface area contributed by atoms with E-state index in [1.54, 1.807) is 6.07 Å². The molecule has 1 atom stereocenters. The molecule has 2 aromatic rings. The second kappa shape index (κ2) is 6.04. The van der Waals surface area contributed by atoms with Crippen LogP contribution in [0.15, 0.2) is 36.4 Å². The molecule has 0 spiro atoms. The molecular weight excluding hydrogens is 307 g/mol. The predicted octanol–water partition coefficient (Wildman–Crippen LogP) is 3.81. The molecule has 1 fully saturated rings. The van der Waals surface area contributed by atoms with Gasteiger partial charge in [-0.2, -0.15) is 5.26 Å². The molecule has 2 heterocycles. The van der Waals surface area contributed by atoms with Crippen LogP contribution in [0.1, 0.15) is 30.0 Å². The average molecular weight is 324 g/mol. The summed E-state index contributed by atoms with van der Waals surface area (Å²) in [6.45, 7) is 1.86. The highest BCUT2D eigenvalue weighted by molar-refractivity contribution is 5.63. The van der Waals surface area contributed by atoms with Gasteiger partial charge in [-0.1, -0.05) is 18.2 Å². The maximum Gasteiger partial charge on any atom is 0.166 e. The van der Waals surface area contributed by atoms with Gasteiger partial charge in [-0.3, -0.25) is 0 Å². The normalized spacial score (nSPS) is 19.2. The van der Waals surface area contributed by atoms with E-state index in [9.17, 15) is 9.65 Å². The lowest BCUT2D eigenvalue weighted by Gasteiger charge is -2.30. The van der Waals surface area contributed by atoms with Crippen LogP contribution in [0, 0.1) is 17.1 Å². The Kier molecular flexibility index (Phi) is 3.73. The molecule has 122 valence electrons. The van der Waals surface area contributed by atoms with Crippen LogP contribution < -0.4 is 14.4 Å². The van der Waals surface area contributed by atoms with Crippen LogP contribution in [0.25, 0.3) is 0 Å². The molecule has 4 rings (SSSR count). The Morgan fingerprint density at radius 3 is 2.83 bits per heavy atom. The molecule has 0 bridgehead atoms. The van der Waals surface area contributed by atoms with E-state index in [4.69, 9.17) is 9.47 Å². The number of ether oxygens (including phenoxy) is 2. The van der Waals surface area contributed by atoms with Gasteiger partial charge in [0.05, 0.1) is 11.7 Å². The standard InChI is InChI=1S/C19H17FN2O2/c20-15-5-2-6-17(14(15)12-21)22-9-3-7-16(22)13-4-1-8-18-19(13)24-11-10-23-18/h1-2,4-6,8,16H,3,7,9-11H2. The number of fused-ring (bicyclic) bond motifs is 1. The second-order valence-electron chi connectivity index (χ2n) is 5.97. The van der Waals surface area contributed by atoms with Gasteiger partial charge in [-0.05, 0) is 31.0 Å². The molecule has 1 unspecified atom stereocenters. The third-order valence-corrected chi connectivity index (χ3v) is 4.62. The van der Waals surface area contributed by atoms with E-state index in [0.717, 1.165) is 36.4 Å². The lowest BCUT2D eigenvalue weighted by atomic mass is 10.0. The number of benzene rings is 2. The van der Waals surface area contributed by atoms with E-state index in [1.807, 2.05) is 30.3 Å². The van der Waals surface area contributed by atoms with Gasteiger partial charge in [0.2, 0.25) is 0 Å². The first kappa shape index (κ1) is 14.8. The smallest absolute Gasteiger partial charge is 0.166 e. The summed E-state index contributed by atoms with van der Waals surface area (Å²) in [5, 5.41) is 9.35. The number of rotatable bonds is 2. The fourth-order valence-corrected chi connectivity index (χ4v) is 3.60. The van der Waals surface area contributed by atoms with Crippen LogP contribution in [0.3, 0.4) is 0 Å². The molecule has 0 N–H and O–H groups in total. The van der Waals surface area contributed by atoms with E-state index >= 15 is 0 Å². The Hall–Kier alpha value is -2.74. The minimum absolute atomic E-state index is 0.0514. The number of hydrogen-bond donors (Lipinski definition) is 0. The Morgan fingerprint density at radius 2 is 1.96 bits per heavy atom. The predicted molar refractivity (Wildman–Crippen MR) is 87.9 cm³/mol. The Morgan fingerprint density at radius 1 is 1.12 bits per heavy atom. The van der Waals surface area contributed by atoms with Gasteiger partial charge in [0.1, 0.15) is 30.7 Å². The minimum Gasteiger partial charge on any atom is -0.486 e. The van der Waals surface area contributed by atoms with Crippen LogP contribution >= 0.6 is 0 Å². The molecule has 0 saturated carbocycles. The van der Waals surface area contributed by atoms with Crippen molar-refractivity contribution in [1.82, 2.24) is 0 Å². The highest BCUT2D eigenvalue weighted by Crippen LogP contribution is 2.45. The molecule has 0 aliphatic carbocycles. The number of anilines is 1. The first-order chi connectivity index (χ1) is 11.8. The molecule has 5 heteroatoms. The minimum atomic E-state index is -0.477. The summed E-state index contributed by atoms with van der Waals surface area (Å²) < 4.78 is 25.5. The zero-order valence-corrected chi connectivity index (χ0v) is 13.2. The summed E-state index contributed by atoms with van der Waals surface area (Å²) in [4.78, 5) is 2.11. The summed E-state index contributed by atoms with van der Waals surface area (Å²) in [5.41, 5.74) is 1.79. The number of halogens is 1. The summed E-state index contributed by atoms with van der Waals surface area (Å²) in [6, 6.07) is 12.7. The number of nitriles is 1. The third kappa shape index (κ3) is 2.35. The van der Waals surface area contributed by atoms with Gasteiger partial charge in [-0.25, -0.2) is 4.39 Å². The first-order valence-electron chi connectivity index (χ1n) is 8.13. The van der Waals surface area contributed by atoms with Crippen molar-refractivity contribution in [2.75, 3.05) is 24.7 Å². The van der Waals surface area contributed by atoms with Crippen LogP contribution in [-0.2, 0) is 0 Å². The lowest BCUT2D eigenvalue weighted by molar-refractivity contribution is 0.169. The molecule has 24 heavy (non-hydrogen) atoms. The van der Waals surface area contributed by atoms with Gasteiger partial charge in [0.15, 0.2) is 11.5 Å². The fourth-order valence-electron chi connectivity index (χ4n) is 3.60. The second-order valence-corrected chi connectivity index (χ2v) is 5.97. The van der Waals surface area contributed by atoms with Gasteiger partial charge in [-0.15, -0.1) is 0 Å². The third-order valence-electron chi connectivity index (χ3n) is 4.62. The Balaban J connectivity index is 1.78. The van der Waals surface area contributed by atoms with E-state index in [2.05, 4.69) is 4.90 Å². The number of nitrogens with zero attached hydrogens (tertiary/aromatic N) is 2. The topological polar surface area (TPSA) is 45.5 Å². The van der Waals surface area contributed by atoms with E-state index in [0.29, 0.717) is 18.9 Å². The summed E-state index contributed by atoms with van der Waals surface area (Å²) in [6.07, 6.45) is 1.91. The van der Waals surface area contributed by atoms with E-state index < -0.39 is 5.82 Å². The summed E-state index contributed by atoms with van der Waals surface area (Å²) in [7, 11) is 0. The Labute approximate surface area is 140 Å². The SMILES string of the molecule is N#Cc1c(F)cccc1N1CCCC1c1cccc2c1OCCO2. The molecule has 2 aliphatic heterocycles. The maximum absolute atomic E-state index is 14.0. The molecule has 2 aromatic carbocycles. The van der Waals surface area contributed by atoms with Crippen molar-refractivity contribution in [3.8, 4) is 17.6 Å². The van der Waals surface area contributed by atoms with Gasteiger partial charge in [0.25, 0.3) is 0 Å². The van der Waals surface area contributed by atoms with Crippen molar-refractivity contribution in [2.45, 2.75) is 18.9 Å². The van der Waals surface area contributed by atoms with E-state index in [-0.39, 0.29) is 11.6 Å². The van der Waals surface area contributed by atoms with Crippen molar-refractivity contribution >= 4 is 5.69 Å². The van der Waals surface area contributed by atoms with Crippen LogP contribution in [-0.4, -0.2) is 19.8 Å². The monoisotopic (exact) mass is 324 g/mol. The molecule has 2 aliphatic rings. The number of para-hydroxylation sites is 1. The summed E-state index contributed by atoms with van der Waals surface area (Å²) in [5.74, 6) is 1.05. The molecule has 1 saturated heterocycles. The lowest BCUT2D eigenvalue weighted by Crippen LogP contribution is -2.25. The highest BCUT2D eigenvalue weighted by Gasteiger charge is 2.32. The van der Waals surface area contributed by atoms with Crippen LogP contribution in [0.4, 0.5) is 10.1 Å². The fraction of sp³-hybridized carbons (Fsp3) is 0.316. The largest absolute Gasteiger partial charge is 0.486 e. The molecule has 0 radical (unpaired) electrons. The van der Waals surface area contributed by atoms with Gasteiger partial charge < -0.3 is 14.4 Å². The van der Waals surface area contributed by atoms with E-state index in [1.165, 1.54) is 6.07 Å². The average Bonchev–Trinajstić information content (AvgIpc) is 3.10. The van der Waals surface area contributed by atoms with Crippen molar-refractivity contribution in [3.05, 3.63) is 53.3 Å². The van der Waals surface area contributed by atoms with Crippen LogP contribution in [0.5, 0.6) is 11.5 Å². The first-order valence-corrected chi connectivity index (χ1v) is 8.13. The highest BCUT2D eigenvalue weighted by atomic mass is 19.1. The zero-order chi connectivity index (χ0) is 16.5. The van der Waals surface area contributed by atoms with Crippen molar-refractivity contribution < 1.29 is 13.9 Å². The molecule has 0 aromatic heterocycles. The maximum atomic E-state index is 14.0. The van der Waals surface area contributed by atoms with Crippen molar-refractivity contribution in [2.24, 2.45) is 0 Å². The van der Waals surface area contributed by atoms with Gasteiger partial charge in [0, 0.05) is 12.1 Å². The zero-order valence-electron chi connectivity index (χ0n) is 13.2.